The van der Waals surface area contributed by atoms with Crippen LogP contribution in [0.1, 0.15) is 10.4 Å². The fraction of sp³-hybridized carbons (Fsp3) is 0.0833. The number of hydrogen-bond acceptors (Lipinski definition) is 6. The highest BCUT2D eigenvalue weighted by Crippen LogP contribution is 2.14. The molecule has 1 N–H and O–H groups in total. The minimum Gasteiger partial charge on any atom is -0.467 e. The summed E-state index contributed by atoms with van der Waals surface area (Å²) in [6.07, 6.45) is 2.80. The zero-order chi connectivity index (χ0) is 14.5. The van der Waals surface area contributed by atoms with E-state index in [1.54, 1.807) is 0 Å². The monoisotopic (exact) mass is 274 g/mol. The van der Waals surface area contributed by atoms with E-state index in [0.29, 0.717) is 11.3 Å². The van der Waals surface area contributed by atoms with E-state index in [4.69, 9.17) is 4.74 Å². The van der Waals surface area contributed by atoms with E-state index >= 15 is 0 Å². The number of anilines is 1. The normalized spacial score (nSPS) is 9.85. The first kappa shape index (κ1) is 13.4. The number of nitro groups is 1. The molecule has 2 aromatic rings. The standard InChI is InChI=1S/C12H10N4O4/c1-20-12-13-6-9(7-14-12)15-11(17)8-2-4-10(5-3-8)16(18)19/h2-7H,1H3,(H,15,17). The molecule has 0 saturated carbocycles. The Morgan fingerprint density at radius 1 is 1.25 bits per heavy atom. The fourth-order valence-electron chi connectivity index (χ4n) is 1.42. The highest BCUT2D eigenvalue weighted by molar-refractivity contribution is 6.04. The molecule has 1 aromatic heterocycles. The SMILES string of the molecule is COc1ncc(NC(=O)c2ccc([N+](=O)[O-])cc2)cn1. The number of nitrogens with one attached hydrogen (secondary N) is 1. The lowest BCUT2D eigenvalue weighted by atomic mass is 10.2. The van der Waals surface area contributed by atoms with Gasteiger partial charge in [-0.25, -0.2) is 9.97 Å². The second-order valence-corrected chi connectivity index (χ2v) is 3.72. The van der Waals surface area contributed by atoms with Crippen molar-refractivity contribution in [2.75, 3.05) is 12.4 Å². The van der Waals surface area contributed by atoms with Gasteiger partial charge >= 0.3 is 6.01 Å². The number of carbonyl (C=O) groups is 1. The Balaban J connectivity index is 2.08. The van der Waals surface area contributed by atoms with Crippen LogP contribution in [0.2, 0.25) is 0 Å². The van der Waals surface area contributed by atoms with Crippen molar-refractivity contribution in [2.45, 2.75) is 0 Å². The molecule has 102 valence electrons. The summed E-state index contributed by atoms with van der Waals surface area (Å²) < 4.78 is 4.80. The van der Waals surface area contributed by atoms with Crippen molar-refractivity contribution >= 4 is 17.3 Å². The molecule has 0 spiro atoms. The van der Waals surface area contributed by atoms with E-state index in [2.05, 4.69) is 15.3 Å². The van der Waals surface area contributed by atoms with Gasteiger partial charge in [-0.3, -0.25) is 14.9 Å². The topological polar surface area (TPSA) is 107 Å². The molecule has 1 amide bonds. The molecule has 0 bridgehead atoms. The average molecular weight is 274 g/mol. The van der Waals surface area contributed by atoms with Crippen molar-refractivity contribution in [3.63, 3.8) is 0 Å². The van der Waals surface area contributed by atoms with E-state index in [-0.39, 0.29) is 11.7 Å². The summed E-state index contributed by atoms with van der Waals surface area (Å²) in [5.41, 5.74) is 0.620. The molecule has 20 heavy (non-hydrogen) atoms. The predicted molar refractivity (Wildman–Crippen MR) is 69.6 cm³/mol. The predicted octanol–water partition coefficient (Wildman–Crippen LogP) is 1.65. The van der Waals surface area contributed by atoms with Crippen molar-refractivity contribution in [3.8, 4) is 6.01 Å². The number of rotatable bonds is 4. The molecule has 0 fully saturated rings. The highest BCUT2D eigenvalue weighted by Gasteiger charge is 2.10. The Morgan fingerprint density at radius 2 is 1.85 bits per heavy atom. The van der Waals surface area contributed by atoms with Crippen molar-refractivity contribution in [1.29, 1.82) is 0 Å². The zero-order valence-corrected chi connectivity index (χ0v) is 10.4. The second kappa shape index (κ2) is 5.74. The quantitative estimate of drug-likeness (QED) is 0.670. The number of amides is 1. The molecule has 0 unspecified atom stereocenters. The van der Waals surface area contributed by atoms with E-state index in [1.165, 1.54) is 43.8 Å². The van der Waals surface area contributed by atoms with E-state index in [1.807, 2.05) is 0 Å². The first-order valence-corrected chi connectivity index (χ1v) is 5.52. The van der Waals surface area contributed by atoms with Crippen LogP contribution in [0.5, 0.6) is 6.01 Å². The molecule has 8 nitrogen and oxygen atoms in total. The molecule has 0 radical (unpaired) electrons. The largest absolute Gasteiger partial charge is 0.467 e. The third-order valence-electron chi connectivity index (χ3n) is 2.41. The van der Waals surface area contributed by atoms with E-state index < -0.39 is 10.8 Å². The lowest BCUT2D eigenvalue weighted by molar-refractivity contribution is -0.384. The van der Waals surface area contributed by atoms with Crippen LogP contribution in [-0.4, -0.2) is 27.9 Å². The number of nitro benzene ring substituents is 1. The maximum Gasteiger partial charge on any atom is 0.316 e. The molecule has 2 rings (SSSR count). The number of aromatic nitrogens is 2. The summed E-state index contributed by atoms with van der Waals surface area (Å²) in [6, 6.07) is 5.47. The summed E-state index contributed by atoms with van der Waals surface area (Å²) in [5.74, 6) is -0.409. The molecular weight excluding hydrogens is 264 g/mol. The molecule has 1 aromatic carbocycles. The summed E-state index contributed by atoms with van der Waals surface area (Å²) >= 11 is 0. The first-order valence-electron chi connectivity index (χ1n) is 5.52. The van der Waals surface area contributed by atoms with Crippen LogP contribution in [0.4, 0.5) is 11.4 Å². The van der Waals surface area contributed by atoms with Crippen LogP contribution in [0.15, 0.2) is 36.7 Å². The maximum atomic E-state index is 11.9. The van der Waals surface area contributed by atoms with Crippen molar-refractivity contribution in [3.05, 3.63) is 52.3 Å². The molecule has 0 atom stereocenters. The van der Waals surface area contributed by atoms with Gasteiger partial charge in [-0.15, -0.1) is 0 Å². The fourth-order valence-corrected chi connectivity index (χ4v) is 1.42. The van der Waals surface area contributed by atoms with Gasteiger partial charge in [0.15, 0.2) is 0 Å². The van der Waals surface area contributed by atoms with Gasteiger partial charge in [0.2, 0.25) is 0 Å². The van der Waals surface area contributed by atoms with Gasteiger partial charge in [-0.1, -0.05) is 0 Å². The third-order valence-corrected chi connectivity index (χ3v) is 2.41. The van der Waals surface area contributed by atoms with Crippen molar-refractivity contribution in [2.24, 2.45) is 0 Å². The molecule has 0 aliphatic heterocycles. The van der Waals surface area contributed by atoms with Crippen molar-refractivity contribution in [1.82, 2.24) is 9.97 Å². The summed E-state index contributed by atoms with van der Waals surface area (Å²) in [6.45, 7) is 0. The van der Waals surface area contributed by atoms with Gasteiger partial charge in [0.1, 0.15) is 0 Å². The summed E-state index contributed by atoms with van der Waals surface area (Å²) in [5, 5.41) is 13.1. The van der Waals surface area contributed by atoms with Crippen molar-refractivity contribution < 1.29 is 14.5 Å². The highest BCUT2D eigenvalue weighted by atomic mass is 16.6. The second-order valence-electron chi connectivity index (χ2n) is 3.72. The average Bonchev–Trinajstić information content (AvgIpc) is 2.48. The van der Waals surface area contributed by atoms with Gasteiger partial charge in [-0.2, -0.15) is 0 Å². The Kier molecular flexibility index (Phi) is 3.85. The van der Waals surface area contributed by atoms with Crippen LogP contribution in [0, 0.1) is 10.1 Å². The molecule has 0 aliphatic rings. The number of nitrogens with zero attached hydrogens (tertiary/aromatic N) is 3. The molecule has 8 heteroatoms. The van der Waals surface area contributed by atoms with Gasteiger partial charge in [0, 0.05) is 17.7 Å². The molecule has 0 aliphatic carbocycles. The van der Waals surface area contributed by atoms with Crippen LogP contribution < -0.4 is 10.1 Å². The number of methoxy groups -OCH3 is 1. The van der Waals surface area contributed by atoms with E-state index in [9.17, 15) is 14.9 Å². The number of hydrogen-bond donors (Lipinski definition) is 1. The minimum atomic E-state index is -0.529. The van der Waals surface area contributed by atoms with E-state index in [0.717, 1.165) is 0 Å². The van der Waals surface area contributed by atoms with Gasteiger partial charge < -0.3 is 10.1 Å². The van der Waals surface area contributed by atoms with Crippen LogP contribution >= 0.6 is 0 Å². The number of benzene rings is 1. The van der Waals surface area contributed by atoms with Crippen LogP contribution in [0.3, 0.4) is 0 Å². The van der Waals surface area contributed by atoms with Gasteiger partial charge in [0.05, 0.1) is 30.1 Å². The summed E-state index contributed by atoms with van der Waals surface area (Å²) in [7, 11) is 1.43. The Morgan fingerprint density at radius 3 is 2.35 bits per heavy atom. The summed E-state index contributed by atoms with van der Waals surface area (Å²) in [4.78, 5) is 29.6. The number of ether oxygens (including phenoxy) is 1. The Bertz CT molecular complexity index is 625. The Hall–Kier alpha value is -3.03. The number of carbonyl (C=O) groups excluding carboxylic acids is 1. The zero-order valence-electron chi connectivity index (χ0n) is 10.4. The maximum absolute atomic E-state index is 11.9. The minimum absolute atomic E-state index is 0.0747. The number of non-ortho nitro benzene ring substituents is 1. The Labute approximate surface area is 113 Å². The van der Waals surface area contributed by atoms with Gasteiger partial charge in [0.25, 0.3) is 11.6 Å². The lowest BCUT2D eigenvalue weighted by Gasteiger charge is -2.04. The van der Waals surface area contributed by atoms with Crippen LogP contribution in [0.25, 0.3) is 0 Å². The molecule has 0 saturated heterocycles. The van der Waals surface area contributed by atoms with Crippen LogP contribution in [-0.2, 0) is 0 Å². The molecular formula is C12H10N4O4. The molecule has 1 heterocycles. The van der Waals surface area contributed by atoms with Gasteiger partial charge in [-0.05, 0) is 12.1 Å². The smallest absolute Gasteiger partial charge is 0.316 e. The third kappa shape index (κ3) is 3.05. The first-order chi connectivity index (χ1) is 9.60. The lowest BCUT2D eigenvalue weighted by Crippen LogP contribution is -2.12.